The molecule has 6 heteroatoms. The number of hydrogen-bond donors (Lipinski definition) is 0. The Morgan fingerprint density at radius 2 is 0.439 bits per heavy atom. The van der Waals surface area contributed by atoms with Crippen molar-refractivity contribution in [3.05, 3.63) is 179 Å². The third-order valence-corrected chi connectivity index (χ3v) is 9.18. The van der Waals surface area contributed by atoms with Gasteiger partial charge in [0.25, 0.3) is 0 Å². The predicted molar refractivity (Wildman–Crippen MR) is 163 cm³/mol. The van der Waals surface area contributed by atoms with Crippen LogP contribution in [0.15, 0.2) is 152 Å². The van der Waals surface area contributed by atoms with Crippen LogP contribution in [0.4, 0.5) is 0 Å². The molecule has 0 aliphatic carbocycles. The van der Waals surface area contributed by atoms with E-state index in [0.29, 0.717) is 0 Å². The van der Waals surface area contributed by atoms with E-state index in [-0.39, 0.29) is 33.0 Å². The van der Waals surface area contributed by atoms with Gasteiger partial charge in [-0.15, -0.1) is 0 Å². The summed E-state index contributed by atoms with van der Waals surface area (Å²) in [5, 5.41) is 0. The average molecular weight is 567 g/mol. The van der Waals surface area contributed by atoms with Crippen LogP contribution in [0.1, 0.15) is 27.8 Å². The zero-order chi connectivity index (χ0) is 28.1. The van der Waals surface area contributed by atoms with Crippen molar-refractivity contribution >= 4 is 7.74 Å². The Kier molecular flexibility index (Phi) is 10.1. The maximum atomic E-state index is 6.73. The van der Waals surface area contributed by atoms with Gasteiger partial charge in [0.1, 0.15) is 0 Å². The molecule has 0 unspecified atom stereocenters. The molecule has 0 aliphatic heterocycles. The average Bonchev–Trinajstić information content (AvgIpc) is 3.06. The minimum atomic E-state index is -4.78. The number of benzene rings is 5. The molecule has 0 saturated carbocycles. The molecule has 0 fully saturated rings. The van der Waals surface area contributed by atoms with E-state index in [9.17, 15) is 0 Å². The van der Waals surface area contributed by atoms with Crippen LogP contribution in [0, 0.1) is 0 Å². The molecule has 0 saturated heterocycles. The van der Waals surface area contributed by atoms with Gasteiger partial charge in [0.05, 0.1) is 0 Å². The Bertz CT molecular complexity index is 1170. The van der Waals surface area contributed by atoms with E-state index >= 15 is 0 Å². The maximum absolute atomic E-state index is 6.73. The fraction of sp³-hybridized carbons (Fsp3) is 0.143. The summed E-state index contributed by atoms with van der Waals surface area (Å²) >= 11 is 0. The molecule has 5 rings (SSSR count). The third kappa shape index (κ3) is 8.42. The number of rotatable bonds is 15. The Labute approximate surface area is 242 Å². The first-order valence-corrected chi connectivity index (χ1v) is 15.5. The van der Waals surface area contributed by atoms with Crippen LogP contribution in [0.5, 0.6) is 0 Å². The fourth-order valence-electron chi connectivity index (χ4n) is 4.14. The normalized spacial score (nSPS) is 12.4. The summed E-state index contributed by atoms with van der Waals surface area (Å²) in [5.41, 5.74) is 4.72. The second-order valence-electron chi connectivity index (χ2n) is 9.54. The van der Waals surface area contributed by atoms with Gasteiger partial charge in [-0.05, 0) is 0 Å². The molecule has 0 amide bonds. The van der Waals surface area contributed by atoms with E-state index in [0.717, 1.165) is 27.8 Å². The number of hydrogen-bond acceptors (Lipinski definition) is 5. The molecule has 210 valence electrons. The molecule has 0 heterocycles. The van der Waals surface area contributed by atoms with Crippen molar-refractivity contribution in [1.29, 1.82) is 0 Å². The topological polar surface area (TPSA) is 46.2 Å². The SMILES string of the molecule is c1ccc(COP(OCc2ccccc2)(OCc2ccccc2)(OCc2ccccc2)OCc2ccccc2)cc1. The minimum absolute atomic E-state index is 0.172. The zero-order valence-corrected chi connectivity index (χ0v) is 23.9. The van der Waals surface area contributed by atoms with Crippen molar-refractivity contribution in [2.75, 3.05) is 0 Å². The standard InChI is InChI=1S/C35H35O5P/c1-6-16-31(17-7-1)26-36-41(37-27-32-18-8-2-9-19-32,38-28-33-20-10-3-11-21-33,39-29-34-22-12-4-13-23-34)40-30-35-24-14-5-15-25-35/h1-25H,26-30H2. The van der Waals surface area contributed by atoms with Crippen molar-refractivity contribution in [2.45, 2.75) is 33.0 Å². The van der Waals surface area contributed by atoms with Crippen LogP contribution < -0.4 is 0 Å². The first-order valence-electron chi connectivity index (χ1n) is 13.7. The first kappa shape index (κ1) is 28.8. The quantitative estimate of drug-likeness (QED) is 0.118. The molecular formula is C35H35O5P. The second-order valence-corrected chi connectivity index (χ2v) is 12.3. The summed E-state index contributed by atoms with van der Waals surface area (Å²) in [6.45, 7) is 0.862. The van der Waals surface area contributed by atoms with Crippen LogP contribution in [0.3, 0.4) is 0 Å². The summed E-state index contributed by atoms with van der Waals surface area (Å²) in [6, 6.07) is 49.5. The van der Waals surface area contributed by atoms with Gasteiger partial charge in [-0.1, -0.05) is 0 Å². The van der Waals surface area contributed by atoms with E-state index in [2.05, 4.69) is 0 Å². The van der Waals surface area contributed by atoms with Crippen LogP contribution in [-0.2, 0) is 55.7 Å². The molecule has 0 radical (unpaired) electrons. The molecule has 5 aromatic rings. The molecule has 41 heavy (non-hydrogen) atoms. The molecule has 0 aliphatic rings. The first-order chi connectivity index (χ1) is 20.2. The Hall–Kier alpha value is -3.67. The summed E-state index contributed by atoms with van der Waals surface area (Å²) in [7, 11) is -4.78. The van der Waals surface area contributed by atoms with Crippen LogP contribution >= 0.6 is 7.74 Å². The Morgan fingerprint density at radius 1 is 0.268 bits per heavy atom. The zero-order valence-electron chi connectivity index (χ0n) is 23.0. The molecule has 5 nitrogen and oxygen atoms in total. The van der Waals surface area contributed by atoms with Crippen LogP contribution in [-0.4, -0.2) is 0 Å². The van der Waals surface area contributed by atoms with Crippen LogP contribution in [0.2, 0.25) is 0 Å². The van der Waals surface area contributed by atoms with Gasteiger partial charge in [0, 0.05) is 0 Å². The van der Waals surface area contributed by atoms with E-state index < -0.39 is 7.74 Å². The molecule has 5 aromatic carbocycles. The van der Waals surface area contributed by atoms with Crippen molar-refractivity contribution in [3.8, 4) is 0 Å². The second kappa shape index (κ2) is 14.3. The molecule has 0 spiro atoms. The van der Waals surface area contributed by atoms with Crippen molar-refractivity contribution in [3.63, 3.8) is 0 Å². The van der Waals surface area contributed by atoms with E-state index in [1.165, 1.54) is 0 Å². The third-order valence-electron chi connectivity index (χ3n) is 6.42. The monoisotopic (exact) mass is 566 g/mol. The fourth-order valence-corrected chi connectivity index (χ4v) is 6.69. The Morgan fingerprint density at radius 3 is 0.610 bits per heavy atom. The van der Waals surface area contributed by atoms with Crippen molar-refractivity contribution in [2.24, 2.45) is 0 Å². The predicted octanol–water partition coefficient (Wildman–Crippen LogP) is 9.20. The summed E-state index contributed by atoms with van der Waals surface area (Å²) in [5.74, 6) is 0. The van der Waals surface area contributed by atoms with Gasteiger partial charge in [-0.25, -0.2) is 0 Å². The summed E-state index contributed by atoms with van der Waals surface area (Å²) in [4.78, 5) is 0. The van der Waals surface area contributed by atoms with E-state index in [4.69, 9.17) is 22.6 Å². The molecule has 0 bridgehead atoms. The molecule has 0 aromatic heterocycles. The summed E-state index contributed by atoms with van der Waals surface area (Å²) in [6.07, 6.45) is 0. The molecule has 0 N–H and O–H groups in total. The van der Waals surface area contributed by atoms with Gasteiger partial charge >= 0.3 is 243 Å². The van der Waals surface area contributed by atoms with E-state index in [1.807, 2.05) is 152 Å². The van der Waals surface area contributed by atoms with Crippen LogP contribution in [0.25, 0.3) is 0 Å². The molecular weight excluding hydrogens is 531 g/mol. The van der Waals surface area contributed by atoms with Gasteiger partial charge in [-0.2, -0.15) is 0 Å². The molecule has 0 atom stereocenters. The van der Waals surface area contributed by atoms with E-state index in [1.54, 1.807) is 0 Å². The van der Waals surface area contributed by atoms with Crippen molar-refractivity contribution in [1.82, 2.24) is 0 Å². The Balaban J connectivity index is 1.56. The van der Waals surface area contributed by atoms with Gasteiger partial charge in [-0.3, -0.25) is 0 Å². The van der Waals surface area contributed by atoms with Gasteiger partial charge in [0.15, 0.2) is 0 Å². The van der Waals surface area contributed by atoms with Gasteiger partial charge < -0.3 is 0 Å². The summed E-state index contributed by atoms with van der Waals surface area (Å²) < 4.78 is 33.7. The van der Waals surface area contributed by atoms with Gasteiger partial charge in [0.2, 0.25) is 0 Å². The van der Waals surface area contributed by atoms with Crippen molar-refractivity contribution < 1.29 is 22.6 Å².